The first-order chi connectivity index (χ1) is 10.5. The number of carboxylic acids is 2. The van der Waals surface area contributed by atoms with Crippen molar-refractivity contribution in [1.82, 2.24) is 0 Å². The molecule has 0 radical (unpaired) electrons. The van der Waals surface area contributed by atoms with E-state index in [0.717, 1.165) is 12.8 Å². The maximum absolute atomic E-state index is 11.1. The summed E-state index contributed by atoms with van der Waals surface area (Å²) >= 11 is 0. The van der Waals surface area contributed by atoms with Gasteiger partial charge in [-0.05, 0) is 19.3 Å². The van der Waals surface area contributed by atoms with Gasteiger partial charge >= 0.3 is 11.9 Å². The minimum absolute atomic E-state index is 0.0481. The SMILES string of the molecule is CCCCCCCCCC=CC=C(CC(C)C(=O)O)C(=O)O. The summed E-state index contributed by atoms with van der Waals surface area (Å²) in [4.78, 5) is 21.8. The van der Waals surface area contributed by atoms with Gasteiger partial charge in [-0.15, -0.1) is 0 Å². The molecule has 1 unspecified atom stereocenters. The molecule has 0 heterocycles. The lowest BCUT2D eigenvalue weighted by Gasteiger charge is -2.05. The van der Waals surface area contributed by atoms with E-state index in [-0.39, 0.29) is 12.0 Å². The van der Waals surface area contributed by atoms with Crippen LogP contribution in [0.5, 0.6) is 0 Å². The summed E-state index contributed by atoms with van der Waals surface area (Å²) < 4.78 is 0. The van der Waals surface area contributed by atoms with Crippen molar-refractivity contribution in [2.75, 3.05) is 0 Å². The first kappa shape index (κ1) is 20.4. The van der Waals surface area contributed by atoms with Gasteiger partial charge in [0.2, 0.25) is 0 Å². The second-order valence-electron chi connectivity index (χ2n) is 5.78. The molecule has 0 spiro atoms. The summed E-state index contributed by atoms with van der Waals surface area (Å²) in [5.74, 6) is -2.70. The largest absolute Gasteiger partial charge is 0.481 e. The monoisotopic (exact) mass is 310 g/mol. The van der Waals surface area contributed by atoms with Crippen LogP contribution < -0.4 is 0 Å². The van der Waals surface area contributed by atoms with Gasteiger partial charge in [0.1, 0.15) is 0 Å². The third kappa shape index (κ3) is 11.1. The number of carbonyl (C=O) groups is 2. The average molecular weight is 310 g/mol. The van der Waals surface area contributed by atoms with Gasteiger partial charge in [-0.3, -0.25) is 4.79 Å². The van der Waals surface area contributed by atoms with Crippen LogP contribution >= 0.6 is 0 Å². The summed E-state index contributed by atoms with van der Waals surface area (Å²) in [6, 6.07) is 0. The highest BCUT2D eigenvalue weighted by Gasteiger charge is 2.16. The molecule has 0 saturated heterocycles. The second kappa shape index (κ2) is 13.1. The quantitative estimate of drug-likeness (QED) is 0.291. The molecule has 22 heavy (non-hydrogen) atoms. The highest BCUT2D eigenvalue weighted by atomic mass is 16.4. The molecule has 4 nitrogen and oxygen atoms in total. The molecule has 1 atom stereocenters. The molecule has 2 N–H and O–H groups in total. The molecule has 0 aliphatic rings. The topological polar surface area (TPSA) is 74.6 Å². The van der Waals surface area contributed by atoms with Crippen molar-refractivity contribution in [3.63, 3.8) is 0 Å². The van der Waals surface area contributed by atoms with E-state index in [1.54, 1.807) is 6.08 Å². The minimum atomic E-state index is -1.05. The molecule has 0 rings (SSSR count). The molecule has 4 heteroatoms. The van der Waals surface area contributed by atoms with Crippen LogP contribution in [0.2, 0.25) is 0 Å². The Balaban J connectivity index is 3.97. The fourth-order valence-electron chi connectivity index (χ4n) is 2.14. The van der Waals surface area contributed by atoms with Crippen LogP contribution in [0.3, 0.4) is 0 Å². The Hall–Kier alpha value is -1.58. The Morgan fingerprint density at radius 3 is 2.14 bits per heavy atom. The van der Waals surface area contributed by atoms with Gasteiger partial charge in [-0.1, -0.05) is 70.6 Å². The predicted molar refractivity (Wildman–Crippen MR) is 88.9 cm³/mol. The Morgan fingerprint density at radius 2 is 1.59 bits per heavy atom. The number of allylic oxidation sites excluding steroid dienone is 3. The Kier molecular flexibility index (Phi) is 12.2. The van der Waals surface area contributed by atoms with Gasteiger partial charge in [0, 0.05) is 5.57 Å². The standard InChI is InChI=1S/C18H30O4/c1-3-4-5-6-7-8-9-10-11-12-13-16(18(21)22)14-15(2)17(19)20/h11-13,15H,3-10,14H2,1-2H3,(H,19,20)(H,21,22). The van der Waals surface area contributed by atoms with Crippen LogP contribution in [-0.4, -0.2) is 22.2 Å². The number of aliphatic carboxylic acids is 2. The lowest BCUT2D eigenvalue weighted by atomic mass is 10.0. The summed E-state index contributed by atoms with van der Waals surface area (Å²) in [5, 5.41) is 17.9. The third-order valence-electron chi connectivity index (χ3n) is 3.63. The third-order valence-corrected chi connectivity index (χ3v) is 3.63. The Morgan fingerprint density at radius 1 is 1.00 bits per heavy atom. The van der Waals surface area contributed by atoms with Crippen LogP contribution in [0.4, 0.5) is 0 Å². The van der Waals surface area contributed by atoms with Crippen molar-refractivity contribution < 1.29 is 19.8 Å². The molecule has 0 aliphatic carbocycles. The second-order valence-corrected chi connectivity index (χ2v) is 5.78. The van der Waals surface area contributed by atoms with Gasteiger partial charge < -0.3 is 10.2 Å². The summed E-state index contributed by atoms with van der Waals surface area (Å²) in [6.45, 7) is 3.72. The van der Waals surface area contributed by atoms with E-state index >= 15 is 0 Å². The average Bonchev–Trinajstić information content (AvgIpc) is 2.47. The number of hydrogen-bond donors (Lipinski definition) is 2. The predicted octanol–water partition coefficient (Wildman–Crippen LogP) is 4.81. The molecular weight excluding hydrogens is 280 g/mol. The van der Waals surface area contributed by atoms with E-state index in [4.69, 9.17) is 10.2 Å². The first-order valence-electron chi connectivity index (χ1n) is 8.30. The van der Waals surface area contributed by atoms with Crippen LogP contribution in [0.25, 0.3) is 0 Å². The number of rotatable bonds is 13. The Labute approximate surface area is 133 Å². The normalized spacial score (nSPS) is 13.5. The van der Waals surface area contributed by atoms with Gasteiger partial charge in [0.15, 0.2) is 0 Å². The van der Waals surface area contributed by atoms with Crippen LogP contribution in [0.15, 0.2) is 23.8 Å². The van der Waals surface area contributed by atoms with Gasteiger partial charge in [-0.2, -0.15) is 0 Å². The lowest BCUT2D eigenvalue weighted by Crippen LogP contribution is -2.13. The van der Waals surface area contributed by atoms with Crippen molar-refractivity contribution in [2.45, 2.75) is 71.6 Å². The van der Waals surface area contributed by atoms with Crippen LogP contribution in [-0.2, 0) is 9.59 Å². The van der Waals surface area contributed by atoms with Crippen molar-refractivity contribution in [1.29, 1.82) is 0 Å². The Bertz CT molecular complexity index is 383. The molecule has 0 amide bonds. The van der Waals surface area contributed by atoms with E-state index in [1.807, 2.05) is 6.08 Å². The zero-order valence-corrected chi connectivity index (χ0v) is 13.9. The van der Waals surface area contributed by atoms with Crippen molar-refractivity contribution in [3.05, 3.63) is 23.8 Å². The molecule has 0 aromatic rings. The molecular formula is C18H30O4. The van der Waals surface area contributed by atoms with E-state index in [2.05, 4.69) is 6.92 Å². The van der Waals surface area contributed by atoms with Crippen LogP contribution in [0, 0.1) is 5.92 Å². The van der Waals surface area contributed by atoms with Crippen molar-refractivity contribution in [2.24, 2.45) is 5.92 Å². The lowest BCUT2D eigenvalue weighted by molar-refractivity contribution is -0.141. The molecule has 0 aromatic carbocycles. The van der Waals surface area contributed by atoms with E-state index in [0.29, 0.717) is 0 Å². The maximum Gasteiger partial charge on any atom is 0.331 e. The minimum Gasteiger partial charge on any atom is -0.481 e. The molecule has 0 aliphatic heterocycles. The fraction of sp³-hybridized carbons (Fsp3) is 0.667. The first-order valence-corrected chi connectivity index (χ1v) is 8.30. The molecule has 0 bridgehead atoms. The summed E-state index contributed by atoms with van der Waals surface area (Å²) in [7, 11) is 0. The van der Waals surface area contributed by atoms with E-state index < -0.39 is 17.9 Å². The highest BCUT2D eigenvalue weighted by Crippen LogP contribution is 2.13. The highest BCUT2D eigenvalue weighted by molar-refractivity contribution is 5.88. The van der Waals surface area contributed by atoms with Crippen molar-refractivity contribution in [3.8, 4) is 0 Å². The zero-order chi connectivity index (χ0) is 16.8. The number of carboxylic acid groups (broad SMARTS) is 2. The molecule has 0 saturated carbocycles. The number of unbranched alkanes of at least 4 members (excludes halogenated alkanes) is 7. The molecule has 0 aromatic heterocycles. The number of hydrogen-bond acceptors (Lipinski definition) is 2. The fourth-order valence-corrected chi connectivity index (χ4v) is 2.14. The molecule has 0 fully saturated rings. The van der Waals surface area contributed by atoms with Gasteiger partial charge in [0.25, 0.3) is 0 Å². The smallest absolute Gasteiger partial charge is 0.331 e. The van der Waals surface area contributed by atoms with E-state index in [1.165, 1.54) is 51.5 Å². The molecule has 126 valence electrons. The summed E-state index contributed by atoms with van der Waals surface area (Å²) in [6.07, 6.45) is 15.0. The van der Waals surface area contributed by atoms with Crippen LogP contribution in [0.1, 0.15) is 71.6 Å². The zero-order valence-electron chi connectivity index (χ0n) is 13.9. The van der Waals surface area contributed by atoms with Gasteiger partial charge in [0.05, 0.1) is 5.92 Å². The maximum atomic E-state index is 11.1. The van der Waals surface area contributed by atoms with Gasteiger partial charge in [-0.25, -0.2) is 4.79 Å². The summed E-state index contributed by atoms with van der Waals surface area (Å²) in [5.41, 5.74) is 0.144. The van der Waals surface area contributed by atoms with E-state index in [9.17, 15) is 9.59 Å². The van der Waals surface area contributed by atoms with Crippen molar-refractivity contribution >= 4 is 11.9 Å².